The third-order valence-electron chi connectivity index (χ3n) is 3.00. The van der Waals surface area contributed by atoms with Crippen molar-refractivity contribution in [2.45, 2.75) is 33.7 Å². The summed E-state index contributed by atoms with van der Waals surface area (Å²) in [6, 6.07) is 4.36. The van der Waals surface area contributed by atoms with Crippen molar-refractivity contribution in [3.8, 4) is 5.75 Å². The fourth-order valence-electron chi connectivity index (χ4n) is 1.68. The molecule has 1 atom stereocenters. The number of hydrogen-bond donors (Lipinski definition) is 3. The van der Waals surface area contributed by atoms with Gasteiger partial charge < -0.3 is 21.1 Å². The maximum atomic E-state index is 12.1. The van der Waals surface area contributed by atoms with E-state index >= 15 is 0 Å². The minimum absolute atomic E-state index is 0.195. The molecule has 1 aromatic rings. The summed E-state index contributed by atoms with van der Waals surface area (Å²) in [6.45, 7) is 7.12. The number of anilines is 2. The molecule has 0 bridgehead atoms. The molecule has 21 heavy (non-hydrogen) atoms. The molecule has 0 heterocycles. The van der Waals surface area contributed by atoms with Crippen molar-refractivity contribution >= 4 is 23.2 Å². The molecule has 116 valence electrons. The van der Waals surface area contributed by atoms with Gasteiger partial charge in [-0.15, -0.1) is 0 Å². The van der Waals surface area contributed by atoms with E-state index in [0.717, 1.165) is 0 Å². The van der Waals surface area contributed by atoms with Crippen LogP contribution in [0.2, 0.25) is 0 Å². The number of nitrogens with one attached hydrogen (secondary N) is 2. The van der Waals surface area contributed by atoms with E-state index in [1.165, 1.54) is 14.0 Å². The molecule has 0 saturated carbocycles. The summed E-state index contributed by atoms with van der Waals surface area (Å²) in [7, 11) is 1.49. The van der Waals surface area contributed by atoms with Crippen LogP contribution in [0.4, 0.5) is 11.4 Å². The van der Waals surface area contributed by atoms with Gasteiger partial charge in [-0.3, -0.25) is 9.59 Å². The Morgan fingerprint density at radius 3 is 2.33 bits per heavy atom. The summed E-state index contributed by atoms with van der Waals surface area (Å²) in [6.07, 6.45) is 0. The Hall–Kier alpha value is -2.08. The van der Waals surface area contributed by atoms with E-state index < -0.39 is 6.04 Å². The molecule has 4 N–H and O–H groups in total. The number of ether oxygens (including phenoxy) is 1. The van der Waals surface area contributed by atoms with Gasteiger partial charge in [0.25, 0.3) is 0 Å². The van der Waals surface area contributed by atoms with Crippen molar-refractivity contribution in [2.75, 3.05) is 17.7 Å². The number of methoxy groups -OCH3 is 1. The van der Waals surface area contributed by atoms with Crippen molar-refractivity contribution in [1.82, 2.24) is 0 Å². The number of rotatable bonds is 4. The highest BCUT2D eigenvalue weighted by molar-refractivity contribution is 5.96. The van der Waals surface area contributed by atoms with Crippen LogP contribution in [0.3, 0.4) is 0 Å². The van der Waals surface area contributed by atoms with Gasteiger partial charge in [0.15, 0.2) is 0 Å². The molecular formula is C15H23N3O3. The quantitative estimate of drug-likeness (QED) is 0.791. The monoisotopic (exact) mass is 293 g/mol. The lowest BCUT2D eigenvalue weighted by atomic mass is 9.87. The Bertz CT molecular complexity index is 535. The predicted octanol–water partition coefficient (Wildman–Crippen LogP) is 1.97. The fourth-order valence-corrected chi connectivity index (χ4v) is 1.68. The molecule has 1 aromatic carbocycles. The van der Waals surface area contributed by atoms with E-state index in [4.69, 9.17) is 10.5 Å². The largest absolute Gasteiger partial charge is 0.494 e. The second kappa shape index (κ2) is 6.58. The number of amides is 2. The van der Waals surface area contributed by atoms with Crippen molar-refractivity contribution < 1.29 is 14.3 Å². The molecule has 0 saturated heterocycles. The molecule has 1 rings (SSSR count). The maximum absolute atomic E-state index is 12.1. The van der Waals surface area contributed by atoms with Crippen LogP contribution in [0.25, 0.3) is 0 Å². The van der Waals surface area contributed by atoms with E-state index in [-0.39, 0.29) is 17.2 Å². The molecule has 2 amide bonds. The zero-order chi connectivity index (χ0) is 16.2. The topological polar surface area (TPSA) is 93.4 Å². The van der Waals surface area contributed by atoms with Crippen molar-refractivity contribution in [3.05, 3.63) is 18.2 Å². The van der Waals surface area contributed by atoms with Gasteiger partial charge in [0.05, 0.1) is 18.8 Å². The molecule has 1 unspecified atom stereocenters. The van der Waals surface area contributed by atoms with Gasteiger partial charge in [-0.2, -0.15) is 0 Å². The van der Waals surface area contributed by atoms with Gasteiger partial charge in [-0.05, 0) is 17.5 Å². The van der Waals surface area contributed by atoms with Crippen LogP contribution in [0.15, 0.2) is 18.2 Å². The fraction of sp³-hybridized carbons (Fsp3) is 0.467. The molecule has 0 aliphatic carbocycles. The lowest BCUT2D eigenvalue weighted by Gasteiger charge is -2.26. The van der Waals surface area contributed by atoms with E-state index in [2.05, 4.69) is 10.6 Å². The molecule has 0 aliphatic rings. The third-order valence-corrected chi connectivity index (χ3v) is 3.00. The van der Waals surface area contributed by atoms with Gasteiger partial charge in [-0.1, -0.05) is 20.8 Å². The smallest absolute Gasteiger partial charge is 0.241 e. The molecule has 0 aliphatic heterocycles. The van der Waals surface area contributed by atoms with Crippen LogP contribution >= 0.6 is 0 Å². The van der Waals surface area contributed by atoms with Crippen LogP contribution in [0.1, 0.15) is 27.7 Å². The predicted molar refractivity (Wildman–Crippen MR) is 83.4 cm³/mol. The summed E-state index contributed by atoms with van der Waals surface area (Å²) in [4.78, 5) is 23.2. The second-order valence-corrected chi connectivity index (χ2v) is 5.93. The van der Waals surface area contributed by atoms with Crippen LogP contribution in [-0.4, -0.2) is 25.0 Å². The zero-order valence-electron chi connectivity index (χ0n) is 13.1. The summed E-state index contributed by atoms with van der Waals surface area (Å²) in [5.41, 5.74) is 6.68. The zero-order valence-corrected chi connectivity index (χ0v) is 13.1. The highest BCUT2D eigenvalue weighted by Crippen LogP contribution is 2.28. The molecule has 6 heteroatoms. The summed E-state index contributed by atoms with van der Waals surface area (Å²) < 4.78 is 5.20. The van der Waals surface area contributed by atoms with Crippen LogP contribution in [0.5, 0.6) is 5.75 Å². The van der Waals surface area contributed by atoms with Gasteiger partial charge in [0.1, 0.15) is 5.75 Å². The third kappa shape index (κ3) is 4.75. The highest BCUT2D eigenvalue weighted by Gasteiger charge is 2.27. The SMILES string of the molecule is COc1cc(NC(=O)C(N)C(C)(C)C)ccc1NC(C)=O. The minimum Gasteiger partial charge on any atom is -0.494 e. The molecule has 0 aromatic heterocycles. The Morgan fingerprint density at radius 2 is 1.86 bits per heavy atom. The van der Waals surface area contributed by atoms with Crippen LogP contribution in [-0.2, 0) is 9.59 Å². The Kier molecular flexibility index (Phi) is 5.32. The van der Waals surface area contributed by atoms with E-state index in [9.17, 15) is 9.59 Å². The summed E-state index contributed by atoms with van der Waals surface area (Å²) >= 11 is 0. The first-order chi connectivity index (χ1) is 9.65. The van der Waals surface area contributed by atoms with Crippen molar-refractivity contribution in [1.29, 1.82) is 0 Å². The van der Waals surface area contributed by atoms with Crippen molar-refractivity contribution in [3.63, 3.8) is 0 Å². The van der Waals surface area contributed by atoms with Crippen LogP contribution in [0, 0.1) is 5.41 Å². The van der Waals surface area contributed by atoms with E-state index in [1.807, 2.05) is 20.8 Å². The van der Waals surface area contributed by atoms with Crippen molar-refractivity contribution in [2.24, 2.45) is 11.1 Å². The second-order valence-electron chi connectivity index (χ2n) is 5.93. The lowest BCUT2D eigenvalue weighted by Crippen LogP contribution is -2.45. The summed E-state index contributed by atoms with van der Waals surface area (Å²) in [5, 5.41) is 5.40. The number of carbonyl (C=O) groups excluding carboxylic acids is 2. The number of carbonyl (C=O) groups is 2. The van der Waals surface area contributed by atoms with Gasteiger partial charge in [0.2, 0.25) is 11.8 Å². The lowest BCUT2D eigenvalue weighted by molar-refractivity contribution is -0.119. The Balaban J connectivity index is 2.91. The number of nitrogens with two attached hydrogens (primary N) is 1. The first-order valence-corrected chi connectivity index (χ1v) is 6.67. The molecule has 0 radical (unpaired) electrons. The van der Waals surface area contributed by atoms with Gasteiger partial charge in [0, 0.05) is 18.7 Å². The summed E-state index contributed by atoms with van der Waals surface area (Å²) in [5.74, 6) is 0.00370. The van der Waals surface area contributed by atoms with E-state index in [0.29, 0.717) is 17.1 Å². The average molecular weight is 293 g/mol. The van der Waals surface area contributed by atoms with Gasteiger partial charge >= 0.3 is 0 Å². The highest BCUT2D eigenvalue weighted by atomic mass is 16.5. The molecule has 6 nitrogen and oxygen atoms in total. The first kappa shape index (κ1) is 17.0. The molecular weight excluding hydrogens is 270 g/mol. The molecule has 0 spiro atoms. The van der Waals surface area contributed by atoms with E-state index in [1.54, 1.807) is 18.2 Å². The molecule has 0 fully saturated rings. The number of benzene rings is 1. The normalized spacial score (nSPS) is 12.5. The van der Waals surface area contributed by atoms with Crippen LogP contribution < -0.4 is 21.1 Å². The van der Waals surface area contributed by atoms with Gasteiger partial charge in [-0.25, -0.2) is 0 Å². The number of hydrogen-bond acceptors (Lipinski definition) is 4. The first-order valence-electron chi connectivity index (χ1n) is 6.67. The Morgan fingerprint density at radius 1 is 1.24 bits per heavy atom. The Labute approximate surface area is 125 Å². The average Bonchev–Trinajstić information content (AvgIpc) is 2.37. The minimum atomic E-state index is -0.626. The maximum Gasteiger partial charge on any atom is 0.241 e. The standard InChI is InChI=1S/C15H23N3O3/c1-9(19)17-11-7-6-10(8-12(11)21-5)18-14(20)13(16)15(2,3)4/h6-8,13H,16H2,1-5H3,(H,17,19)(H,18,20).